The standard InChI is InChI=1S/C21H19N3O6/c1-27-16-9-4-2-7-14(16)20-22-18(30-23-20)13-28-19(25)11-6-12-24-15-8-3-5-10-17(15)29-21(24)26/h2-5,7-10H,6,11-13H2,1H3. The highest BCUT2D eigenvalue weighted by Crippen LogP contribution is 2.27. The summed E-state index contributed by atoms with van der Waals surface area (Å²) < 4.78 is 22.3. The second kappa shape index (κ2) is 8.64. The number of methoxy groups -OCH3 is 1. The molecule has 0 N–H and O–H groups in total. The van der Waals surface area contributed by atoms with E-state index in [4.69, 9.17) is 18.4 Å². The Morgan fingerprint density at radius 3 is 2.80 bits per heavy atom. The van der Waals surface area contributed by atoms with E-state index >= 15 is 0 Å². The zero-order valence-corrected chi connectivity index (χ0v) is 16.2. The number of oxazole rings is 1. The van der Waals surface area contributed by atoms with Gasteiger partial charge in [0.1, 0.15) is 5.75 Å². The minimum Gasteiger partial charge on any atom is -0.496 e. The molecule has 2 heterocycles. The van der Waals surface area contributed by atoms with Crippen LogP contribution in [0.25, 0.3) is 22.5 Å². The Morgan fingerprint density at radius 1 is 1.13 bits per heavy atom. The number of aryl methyl sites for hydroxylation is 1. The second-order valence-electron chi connectivity index (χ2n) is 6.46. The number of hydrogen-bond acceptors (Lipinski definition) is 8. The molecule has 0 bridgehead atoms. The van der Waals surface area contributed by atoms with Crippen LogP contribution in [-0.2, 0) is 22.7 Å². The highest BCUT2D eigenvalue weighted by atomic mass is 16.6. The van der Waals surface area contributed by atoms with Crippen molar-refractivity contribution in [2.45, 2.75) is 26.0 Å². The molecule has 0 fully saturated rings. The number of carbonyl (C=O) groups is 1. The third-order valence-electron chi connectivity index (χ3n) is 4.51. The van der Waals surface area contributed by atoms with Crippen LogP contribution in [-0.4, -0.2) is 27.8 Å². The van der Waals surface area contributed by atoms with E-state index in [0.29, 0.717) is 41.2 Å². The van der Waals surface area contributed by atoms with Gasteiger partial charge in [0.25, 0.3) is 5.89 Å². The van der Waals surface area contributed by atoms with Crippen LogP contribution in [0, 0.1) is 0 Å². The summed E-state index contributed by atoms with van der Waals surface area (Å²) in [7, 11) is 1.56. The van der Waals surface area contributed by atoms with Crippen molar-refractivity contribution < 1.29 is 23.2 Å². The van der Waals surface area contributed by atoms with Gasteiger partial charge in [-0.05, 0) is 30.7 Å². The van der Waals surface area contributed by atoms with Crippen molar-refractivity contribution in [3.8, 4) is 17.1 Å². The van der Waals surface area contributed by atoms with E-state index in [0.717, 1.165) is 0 Å². The lowest BCUT2D eigenvalue weighted by atomic mass is 10.2. The molecule has 30 heavy (non-hydrogen) atoms. The molecule has 0 aliphatic rings. The Morgan fingerprint density at radius 2 is 1.93 bits per heavy atom. The lowest BCUT2D eigenvalue weighted by Crippen LogP contribution is -2.15. The van der Waals surface area contributed by atoms with Crippen molar-refractivity contribution in [2.75, 3.05) is 7.11 Å². The van der Waals surface area contributed by atoms with Gasteiger partial charge < -0.3 is 18.4 Å². The number of para-hydroxylation sites is 3. The Labute approximate surface area is 170 Å². The van der Waals surface area contributed by atoms with Crippen molar-refractivity contribution in [3.05, 3.63) is 65.0 Å². The Bertz CT molecular complexity index is 1220. The van der Waals surface area contributed by atoms with Crippen LogP contribution in [0.4, 0.5) is 0 Å². The van der Waals surface area contributed by atoms with Crippen molar-refractivity contribution in [1.29, 1.82) is 0 Å². The average Bonchev–Trinajstić information content (AvgIpc) is 3.36. The smallest absolute Gasteiger partial charge is 0.419 e. The number of hydrogen-bond donors (Lipinski definition) is 0. The highest BCUT2D eigenvalue weighted by molar-refractivity contribution is 5.72. The summed E-state index contributed by atoms with van der Waals surface area (Å²) in [6.07, 6.45) is 0.567. The van der Waals surface area contributed by atoms with Gasteiger partial charge in [-0.15, -0.1) is 0 Å². The topological polar surface area (TPSA) is 110 Å². The molecule has 0 amide bonds. The first kappa shape index (κ1) is 19.4. The third kappa shape index (κ3) is 4.09. The molecule has 0 unspecified atom stereocenters. The fourth-order valence-electron chi connectivity index (χ4n) is 3.07. The maximum Gasteiger partial charge on any atom is 0.419 e. The van der Waals surface area contributed by atoms with Crippen molar-refractivity contribution in [1.82, 2.24) is 14.7 Å². The molecule has 4 aromatic rings. The van der Waals surface area contributed by atoms with E-state index in [1.54, 1.807) is 37.4 Å². The van der Waals surface area contributed by atoms with Gasteiger partial charge in [0.05, 0.1) is 18.2 Å². The van der Waals surface area contributed by atoms with Crippen LogP contribution in [0.1, 0.15) is 18.7 Å². The van der Waals surface area contributed by atoms with Gasteiger partial charge in [0.2, 0.25) is 5.82 Å². The maximum absolute atomic E-state index is 12.0. The van der Waals surface area contributed by atoms with Crippen molar-refractivity contribution in [3.63, 3.8) is 0 Å². The first-order valence-corrected chi connectivity index (χ1v) is 9.35. The van der Waals surface area contributed by atoms with Crippen LogP contribution in [0.5, 0.6) is 5.75 Å². The van der Waals surface area contributed by atoms with Gasteiger partial charge in [-0.2, -0.15) is 4.98 Å². The number of aromatic nitrogens is 3. The van der Waals surface area contributed by atoms with Crippen LogP contribution < -0.4 is 10.5 Å². The molecule has 0 saturated heterocycles. The van der Waals surface area contributed by atoms with Crippen LogP contribution in [0.15, 0.2) is 62.3 Å². The SMILES string of the molecule is COc1ccccc1-c1noc(COC(=O)CCCn2c(=O)oc3ccccc32)n1. The number of ether oxygens (including phenoxy) is 2. The molecular formula is C21H19N3O6. The van der Waals surface area contributed by atoms with Crippen LogP contribution in [0.3, 0.4) is 0 Å². The molecule has 0 radical (unpaired) electrons. The lowest BCUT2D eigenvalue weighted by Gasteiger charge is -2.03. The average molecular weight is 409 g/mol. The Balaban J connectivity index is 1.30. The normalized spacial score (nSPS) is 11.0. The number of benzene rings is 2. The first-order chi connectivity index (χ1) is 14.7. The molecule has 0 spiro atoms. The quantitative estimate of drug-likeness (QED) is 0.408. The molecular weight excluding hydrogens is 390 g/mol. The molecule has 0 aliphatic carbocycles. The molecule has 154 valence electrons. The van der Waals surface area contributed by atoms with Crippen molar-refractivity contribution >= 4 is 17.1 Å². The summed E-state index contributed by atoms with van der Waals surface area (Å²) in [5, 5.41) is 3.90. The summed E-state index contributed by atoms with van der Waals surface area (Å²) in [5.41, 5.74) is 1.90. The van der Waals surface area contributed by atoms with Gasteiger partial charge in [0, 0.05) is 13.0 Å². The van der Waals surface area contributed by atoms with E-state index in [-0.39, 0.29) is 18.9 Å². The van der Waals surface area contributed by atoms with E-state index in [1.807, 2.05) is 18.2 Å². The van der Waals surface area contributed by atoms with Gasteiger partial charge in [-0.3, -0.25) is 9.36 Å². The van der Waals surface area contributed by atoms with E-state index in [1.165, 1.54) is 4.57 Å². The maximum atomic E-state index is 12.0. The lowest BCUT2D eigenvalue weighted by molar-refractivity contribution is -0.145. The predicted octanol–water partition coefficient (Wildman–Crippen LogP) is 3.18. The fourth-order valence-corrected chi connectivity index (χ4v) is 3.07. The largest absolute Gasteiger partial charge is 0.496 e. The van der Waals surface area contributed by atoms with Gasteiger partial charge in [0.15, 0.2) is 12.2 Å². The summed E-state index contributed by atoms with van der Waals surface area (Å²) >= 11 is 0. The number of esters is 1. The molecule has 9 heteroatoms. The zero-order chi connectivity index (χ0) is 20.9. The summed E-state index contributed by atoms with van der Waals surface area (Å²) in [5.74, 6) is 0.280. The summed E-state index contributed by atoms with van der Waals surface area (Å²) in [4.78, 5) is 28.2. The van der Waals surface area contributed by atoms with E-state index < -0.39 is 11.7 Å². The minimum absolute atomic E-state index is 0.129. The Hall–Kier alpha value is -3.88. The number of fused-ring (bicyclic) bond motifs is 1. The van der Waals surface area contributed by atoms with Gasteiger partial charge in [-0.1, -0.05) is 29.4 Å². The van der Waals surface area contributed by atoms with Crippen LogP contribution in [0.2, 0.25) is 0 Å². The predicted molar refractivity (Wildman–Crippen MR) is 106 cm³/mol. The monoisotopic (exact) mass is 409 g/mol. The summed E-state index contributed by atoms with van der Waals surface area (Å²) in [6.45, 7) is 0.221. The van der Waals surface area contributed by atoms with Gasteiger partial charge in [-0.25, -0.2) is 4.79 Å². The number of rotatable bonds is 8. The summed E-state index contributed by atoms with van der Waals surface area (Å²) in [6, 6.07) is 14.4. The second-order valence-corrected chi connectivity index (χ2v) is 6.46. The Kier molecular flexibility index (Phi) is 5.60. The molecule has 0 atom stereocenters. The molecule has 0 saturated carbocycles. The van der Waals surface area contributed by atoms with Crippen molar-refractivity contribution in [2.24, 2.45) is 0 Å². The molecule has 9 nitrogen and oxygen atoms in total. The molecule has 0 aliphatic heterocycles. The van der Waals surface area contributed by atoms with E-state index in [9.17, 15) is 9.59 Å². The molecule has 2 aromatic heterocycles. The third-order valence-corrected chi connectivity index (χ3v) is 4.51. The van der Waals surface area contributed by atoms with Gasteiger partial charge >= 0.3 is 11.7 Å². The molecule has 4 rings (SSSR count). The first-order valence-electron chi connectivity index (χ1n) is 9.35. The zero-order valence-electron chi connectivity index (χ0n) is 16.2. The number of nitrogens with zero attached hydrogens (tertiary/aromatic N) is 3. The number of carbonyl (C=O) groups excluding carboxylic acids is 1. The molecule has 2 aromatic carbocycles. The minimum atomic E-state index is -0.445. The highest BCUT2D eigenvalue weighted by Gasteiger charge is 2.15. The van der Waals surface area contributed by atoms with Crippen LogP contribution >= 0.6 is 0 Å². The van der Waals surface area contributed by atoms with E-state index in [2.05, 4.69) is 10.1 Å². The fraction of sp³-hybridized carbons (Fsp3) is 0.238.